The topological polar surface area (TPSA) is 55.4 Å². The molecule has 0 spiro atoms. The predicted molar refractivity (Wildman–Crippen MR) is 88.3 cm³/mol. The monoisotopic (exact) mass is 363 g/mol. The molecule has 0 bridgehead atoms. The summed E-state index contributed by atoms with van der Waals surface area (Å²) < 4.78 is 45.4. The van der Waals surface area contributed by atoms with E-state index in [1.165, 1.54) is 24.3 Å². The fourth-order valence-corrected chi connectivity index (χ4v) is 3.10. The fourth-order valence-electron chi connectivity index (χ4n) is 3.10. The van der Waals surface area contributed by atoms with Gasteiger partial charge in [-0.25, -0.2) is 18.0 Å². The van der Waals surface area contributed by atoms with Crippen molar-refractivity contribution in [3.05, 3.63) is 65.0 Å². The molecule has 2 aromatic carbocycles. The fraction of sp³-hybridized carbons (Fsp3) is 0.263. The number of amides is 1. The highest BCUT2D eigenvalue weighted by atomic mass is 19.1. The number of anilines is 1. The molecule has 136 valence electrons. The van der Waals surface area contributed by atoms with E-state index >= 15 is 0 Å². The average molecular weight is 363 g/mol. The summed E-state index contributed by atoms with van der Waals surface area (Å²) in [5, 5.41) is 2.43. The van der Waals surface area contributed by atoms with Gasteiger partial charge in [-0.05, 0) is 36.6 Å². The van der Waals surface area contributed by atoms with Gasteiger partial charge >= 0.3 is 5.97 Å². The summed E-state index contributed by atoms with van der Waals surface area (Å²) in [6.45, 7) is 0. The minimum Gasteiger partial charge on any atom is -0.465 e. The van der Waals surface area contributed by atoms with Gasteiger partial charge in [0.15, 0.2) is 0 Å². The van der Waals surface area contributed by atoms with Gasteiger partial charge in [-0.3, -0.25) is 4.79 Å². The van der Waals surface area contributed by atoms with Gasteiger partial charge in [-0.15, -0.1) is 0 Å². The SMILES string of the molecule is COC(=O)c1cc(NC(=O)C2(c3ccc(F)cc3)CCC2)c(F)cc1F. The lowest BCUT2D eigenvalue weighted by Crippen LogP contribution is -2.46. The minimum absolute atomic E-state index is 0.315. The quantitative estimate of drug-likeness (QED) is 0.837. The standard InChI is InChI=1S/C19H16F3NO3/c1-26-17(24)13-9-16(15(22)10-14(13)21)23-18(25)19(7-2-8-19)11-3-5-12(20)6-4-11/h3-6,9-10H,2,7-8H2,1H3,(H,23,25). The lowest BCUT2D eigenvalue weighted by molar-refractivity contribution is -0.124. The second-order valence-electron chi connectivity index (χ2n) is 6.20. The van der Waals surface area contributed by atoms with E-state index in [4.69, 9.17) is 0 Å². The van der Waals surface area contributed by atoms with Crippen LogP contribution in [0.5, 0.6) is 0 Å². The molecule has 1 amide bonds. The van der Waals surface area contributed by atoms with E-state index in [0.29, 0.717) is 24.5 Å². The van der Waals surface area contributed by atoms with Crippen molar-refractivity contribution in [3.63, 3.8) is 0 Å². The number of methoxy groups -OCH3 is 1. The number of benzene rings is 2. The third-order valence-corrected chi connectivity index (χ3v) is 4.75. The summed E-state index contributed by atoms with van der Waals surface area (Å²) in [5.74, 6) is -3.97. The van der Waals surface area contributed by atoms with Crippen molar-refractivity contribution in [1.82, 2.24) is 0 Å². The molecule has 0 unspecified atom stereocenters. The summed E-state index contributed by atoms with van der Waals surface area (Å²) >= 11 is 0. The van der Waals surface area contributed by atoms with E-state index in [-0.39, 0.29) is 5.69 Å². The molecule has 1 fully saturated rings. The van der Waals surface area contributed by atoms with E-state index in [9.17, 15) is 22.8 Å². The van der Waals surface area contributed by atoms with Gasteiger partial charge in [0.25, 0.3) is 0 Å². The molecule has 1 saturated carbocycles. The number of halogens is 3. The first kappa shape index (κ1) is 18.0. The third kappa shape index (κ3) is 3.05. The minimum atomic E-state index is -1.08. The second-order valence-corrected chi connectivity index (χ2v) is 6.20. The highest BCUT2D eigenvalue weighted by molar-refractivity contribution is 6.01. The molecule has 3 rings (SSSR count). The van der Waals surface area contributed by atoms with Crippen LogP contribution in [0.2, 0.25) is 0 Å². The van der Waals surface area contributed by atoms with E-state index in [1.807, 2.05) is 0 Å². The molecule has 0 aromatic heterocycles. The first-order valence-corrected chi connectivity index (χ1v) is 8.02. The maximum atomic E-state index is 14.1. The summed E-state index contributed by atoms with van der Waals surface area (Å²) in [6, 6.07) is 7.00. The molecular formula is C19H16F3NO3. The van der Waals surface area contributed by atoms with Gasteiger partial charge in [-0.2, -0.15) is 0 Å². The van der Waals surface area contributed by atoms with Crippen LogP contribution in [0.3, 0.4) is 0 Å². The number of ether oxygens (including phenoxy) is 1. The molecule has 1 N–H and O–H groups in total. The number of carbonyl (C=O) groups excluding carboxylic acids is 2. The third-order valence-electron chi connectivity index (χ3n) is 4.75. The van der Waals surface area contributed by atoms with E-state index in [0.717, 1.165) is 19.6 Å². The first-order chi connectivity index (χ1) is 12.4. The largest absolute Gasteiger partial charge is 0.465 e. The van der Waals surface area contributed by atoms with Crippen molar-refractivity contribution < 1.29 is 27.5 Å². The van der Waals surface area contributed by atoms with Crippen LogP contribution >= 0.6 is 0 Å². The Morgan fingerprint density at radius 3 is 2.23 bits per heavy atom. The van der Waals surface area contributed by atoms with Crippen LogP contribution in [-0.4, -0.2) is 19.0 Å². The smallest absolute Gasteiger partial charge is 0.340 e. The molecule has 0 aliphatic heterocycles. The summed E-state index contributed by atoms with van der Waals surface area (Å²) in [7, 11) is 1.07. The number of hydrogen-bond donors (Lipinski definition) is 1. The van der Waals surface area contributed by atoms with Crippen LogP contribution in [0, 0.1) is 17.5 Å². The lowest BCUT2D eigenvalue weighted by atomic mass is 9.64. The van der Waals surface area contributed by atoms with E-state index in [2.05, 4.69) is 10.1 Å². The Bertz CT molecular complexity index is 861. The average Bonchev–Trinajstić information content (AvgIpc) is 2.57. The Kier molecular flexibility index (Phi) is 4.71. The molecule has 7 heteroatoms. The van der Waals surface area contributed by atoms with Crippen LogP contribution < -0.4 is 5.32 Å². The summed E-state index contributed by atoms with van der Waals surface area (Å²) in [4.78, 5) is 24.4. The van der Waals surface area contributed by atoms with Crippen molar-refractivity contribution in [2.24, 2.45) is 0 Å². The zero-order valence-corrected chi connectivity index (χ0v) is 13.9. The summed E-state index contributed by atoms with van der Waals surface area (Å²) in [6.07, 6.45) is 1.85. The van der Waals surface area contributed by atoms with E-state index in [1.54, 1.807) is 0 Å². The maximum Gasteiger partial charge on any atom is 0.340 e. The molecule has 0 heterocycles. The Morgan fingerprint density at radius 1 is 1.04 bits per heavy atom. The van der Waals surface area contributed by atoms with Gasteiger partial charge in [0, 0.05) is 6.07 Å². The molecule has 0 saturated heterocycles. The maximum absolute atomic E-state index is 14.1. The zero-order chi connectivity index (χ0) is 18.9. The molecule has 1 aliphatic carbocycles. The molecular weight excluding hydrogens is 347 g/mol. The highest BCUT2D eigenvalue weighted by Crippen LogP contribution is 2.44. The normalized spacial score (nSPS) is 15.1. The Labute approximate surface area is 148 Å². The number of esters is 1. The Morgan fingerprint density at radius 2 is 1.69 bits per heavy atom. The van der Waals surface area contributed by atoms with Crippen LogP contribution in [0.4, 0.5) is 18.9 Å². The predicted octanol–water partition coefficient (Wildman–Crippen LogP) is 3.95. The lowest BCUT2D eigenvalue weighted by Gasteiger charge is -2.40. The van der Waals surface area contributed by atoms with Crippen LogP contribution in [0.15, 0.2) is 36.4 Å². The van der Waals surface area contributed by atoms with E-state index < -0.39 is 40.3 Å². The van der Waals surface area contributed by atoms with Crippen LogP contribution in [0.25, 0.3) is 0 Å². The second kappa shape index (κ2) is 6.82. The number of hydrogen-bond acceptors (Lipinski definition) is 3. The number of nitrogens with one attached hydrogen (secondary N) is 1. The molecule has 0 atom stereocenters. The number of carbonyl (C=O) groups is 2. The van der Waals surface area contributed by atoms with Crippen molar-refractivity contribution in [3.8, 4) is 0 Å². The zero-order valence-electron chi connectivity index (χ0n) is 13.9. The van der Waals surface area contributed by atoms with Crippen molar-refractivity contribution in [2.75, 3.05) is 12.4 Å². The van der Waals surface area contributed by atoms with Gasteiger partial charge in [0.1, 0.15) is 17.5 Å². The molecule has 4 nitrogen and oxygen atoms in total. The molecule has 26 heavy (non-hydrogen) atoms. The number of rotatable bonds is 4. The van der Waals surface area contributed by atoms with Gasteiger partial charge < -0.3 is 10.1 Å². The van der Waals surface area contributed by atoms with Gasteiger partial charge in [0.2, 0.25) is 5.91 Å². The van der Waals surface area contributed by atoms with Crippen molar-refractivity contribution in [2.45, 2.75) is 24.7 Å². The first-order valence-electron chi connectivity index (χ1n) is 8.02. The van der Waals surface area contributed by atoms with Crippen LogP contribution in [-0.2, 0) is 14.9 Å². The Hall–Kier alpha value is -2.83. The van der Waals surface area contributed by atoms with Gasteiger partial charge in [0.05, 0.1) is 23.8 Å². The van der Waals surface area contributed by atoms with Gasteiger partial charge in [-0.1, -0.05) is 18.6 Å². The van der Waals surface area contributed by atoms with Crippen LogP contribution in [0.1, 0.15) is 35.2 Å². The Balaban J connectivity index is 1.91. The van der Waals surface area contributed by atoms with Crippen molar-refractivity contribution in [1.29, 1.82) is 0 Å². The summed E-state index contributed by atoms with van der Waals surface area (Å²) in [5.41, 5.74) is -1.07. The van der Waals surface area contributed by atoms with Crippen molar-refractivity contribution >= 4 is 17.6 Å². The molecule has 2 aromatic rings. The molecule has 1 aliphatic rings. The molecule has 0 radical (unpaired) electrons. The highest BCUT2D eigenvalue weighted by Gasteiger charge is 2.45.